The fraction of sp³-hybridized carbons (Fsp3) is 0.294. The van der Waals surface area contributed by atoms with Gasteiger partial charge in [0, 0.05) is 0 Å². The van der Waals surface area contributed by atoms with Crippen LogP contribution in [0.1, 0.15) is 85.0 Å². The van der Waals surface area contributed by atoms with Crippen LogP contribution >= 0.6 is 24.8 Å². The van der Waals surface area contributed by atoms with Crippen molar-refractivity contribution < 1.29 is 24.2 Å². The van der Waals surface area contributed by atoms with Gasteiger partial charge < -0.3 is 7.43 Å². The van der Waals surface area contributed by atoms with E-state index in [1.165, 1.54) is 121 Å². The van der Waals surface area contributed by atoms with Crippen molar-refractivity contribution in [1.29, 1.82) is 0 Å². The van der Waals surface area contributed by atoms with Gasteiger partial charge >= 0.3 is 28.4 Å². The van der Waals surface area contributed by atoms with Crippen molar-refractivity contribution in [2.45, 2.75) is 88.5 Å². The molecule has 0 bridgehead atoms. The molecule has 0 nitrogen and oxygen atoms in total. The topological polar surface area (TPSA) is 0 Å². The van der Waals surface area contributed by atoms with Gasteiger partial charge in [0.25, 0.3) is 0 Å². The van der Waals surface area contributed by atoms with Crippen LogP contribution < -0.4 is 0 Å². The van der Waals surface area contributed by atoms with Crippen molar-refractivity contribution in [3.05, 3.63) is 173 Å². The van der Waals surface area contributed by atoms with E-state index in [9.17, 15) is 0 Å². The van der Waals surface area contributed by atoms with E-state index >= 15 is 0 Å². The second-order valence-electron chi connectivity index (χ2n) is 15.0. The van der Waals surface area contributed by atoms with E-state index in [4.69, 9.17) is 0 Å². The minimum atomic E-state index is 0. The molecule has 0 fully saturated rings. The number of halogens is 2. The summed E-state index contributed by atoms with van der Waals surface area (Å²) in [5, 5.41) is 0. The molecular formula is C51H60Cl2Zr-4. The Morgan fingerprint density at radius 2 is 1.26 bits per heavy atom. The molecule has 0 spiro atoms. The van der Waals surface area contributed by atoms with Crippen molar-refractivity contribution in [3.63, 3.8) is 0 Å². The van der Waals surface area contributed by atoms with Gasteiger partial charge in [-0.3, -0.25) is 6.08 Å². The summed E-state index contributed by atoms with van der Waals surface area (Å²) in [4.78, 5) is 0. The average molecular weight is 835 g/mol. The van der Waals surface area contributed by atoms with Crippen LogP contribution in [0.25, 0.3) is 33.4 Å². The zero-order valence-corrected chi connectivity index (χ0v) is 38.6. The van der Waals surface area contributed by atoms with Crippen LogP contribution in [0.2, 0.25) is 0 Å². The van der Waals surface area contributed by atoms with E-state index in [0.717, 1.165) is 6.42 Å². The molecule has 1 atom stereocenters. The predicted octanol–water partition coefficient (Wildman–Crippen LogP) is 14.7. The SMILES string of the molecule is CCCC1[C-]=CC(C(C)(C)C)=C1.Cc1cc(C)c(-c2[c-]c3c(cc2)-c2ccc(-c4c(C)cc(C)cc4C)cc2C3)c(C)c1.Cl.Cl.[CH2]=[Zr].[CH3-].[c-]1ccccc1. The zero-order valence-electron chi connectivity index (χ0n) is 34.5. The van der Waals surface area contributed by atoms with Crippen molar-refractivity contribution in [2.75, 3.05) is 0 Å². The van der Waals surface area contributed by atoms with Crippen molar-refractivity contribution in [2.24, 2.45) is 11.3 Å². The molecule has 2 aliphatic carbocycles. The molecule has 2 aliphatic rings. The molecule has 0 saturated heterocycles. The van der Waals surface area contributed by atoms with Crippen LogP contribution in [0.4, 0.5) is 0 Å². The number of rotatable bonds is 4. The first-order valence-electron chi connectivity index (χ1n) is 18.3. The Morgan fingerprint density at radius 3 is 1.72 bits per heavy atom. The van der Waals surface area contributed by atoms with Crippen LogP contribution in [0, 0.1) is 78.5 Å². The Kier molecular flexibility index (Phi) is 20.4. The summed E-state index contributed by atoms with van der Waals surface area (Å²) in [5.74, 6) is 0.587. The van der Waals surface area contributed by atoms with Gasteiger partial charge in [-0.15, -0.1) is 54.1 Å². The summed E-state index contributed by atoms with van der Waals surface area (Å²) in [6.07, 6.45) is 11.4. The van der Waals surface area contributed by atoms with Gasteiger partial charge in [0.1, 0.15) is 0 Å². The standard InChI is InChI=1S/C31H29.C12H19.C6H5.CH3.CH2.2ClH.Zr/c1-18-11-20(3)30(21(4)12-18)24-7-9-28-26(15-24)17-27-16-25(8-10-29(27)28)31-22(5)13-19(2)14-23(31)6;1-5-6-10-7-8-11(9-10)12(2,3)4;1-2-4-6-5-3-1;;;;;/h7-15H,17H2,1-6H3;8-10H,5-6H2,1-4H3;1-5H;1H3;1H2;2*1H;/q4*-1;;;;. The summed E-state index contributed by atoms with van der Waals surface area (Å²) >= 11 is 1.30. The van der Waals surface area contributed by atoms with Crippen LogP contribution in [-0.2, 0) is 30.7 Å². The van der Waals surface area contributed by atoms with E-state index < -0.39 is 0 Å². The molecule has 0 aliphatic heterocycles. The fourth-order valence-electron chi connectivity index (χ4n) is 7.46. The predicted molar refractivity (Wildman–Crippen MR) is 240 cm³/mol. The average Bonchev–Trinajstić information content (AvgIpc) is 3.71. The number of fused-ring (bicyclic) bond motifs is 3. The first-order valence-corrected chi connectivity index (χ1v) is 20.0. The molecule has 1 unspecified atom stereocenters. The Bertz CT molecular complexity index is 1830. The molecule has 0 radical (unpaired) electrons. The second-order valence-corrected chi connectivity index (χ2v) is 15.0. The number of aryl methyl sites for hydroxylation is 6. The minimum Gasteiger partial charge on any atom is -0.358 e. The minimum absolute atomic E-state index is 0. The van der Waals surface area contributed by atoms with Gasteiger partial charge in [-0.05, 0) is 75.8 Å². The molecule has 0 saturated carbocycles. The normalized spacial score (nSPS) is 13.0. The van der Waals surface area contributed by atoms with Gasteiger partial charge in [-0.2, -0.15) is 48.0 Å². The molecule has 3 heteroatoms. The monoisotopic (exact) mass is 832 g/mol. The van der Waals surface area contributed by atoms with Gasteiger partial charge in [0.15, 0.2) is 0 Å². The maximum absolute atomic E-state index is 3.78. The summed E-state index contributed by atoms with van der Waals surface area (Å²) in [5.41, 5.74) is 20.4. The summed E-state index contributed by atoms with van der Waals surface area (Å²) in [6.45, 7) is 22.2. The van der Waals surface area contributed by atoms with E-state index in [2.05, 4.69) is 158 Å². The van der Waals surface area contributed by atoms with Gasteiger partial charge in [-0.25, -0.2) is 6.08 Å². The Labute approximate surface area is 356 Å². The third kappa shape index (κ3) is 12.5. The maximum Gasteiger partial charge on any atom is -0.171 e. The number of benzene rings is 5. The van der Waals surface area contributed by atoms with Gasteiger partial charge in [0.2, 0.25) is 0 Å². The molecule has 54 heavy (non-hydrogen) atoms. The number of allylic oxidation sites excluding steroid dienone is 4. The molecule has 0 amide bonds. The van der Waals surface area contributed by atoms with E-state index in [0.29, 0.717) is 11.3 Å². The van der Waals surface area contributed by atoms with E-state index in [1.54, 1.807) is 0 Å². The van der Waals surface area contributed by atoms with E-state index in [-0.39, 0.29) is 32.2 Å². The third-order valence-corrected chi connectivity index (χ3v) is 9.61. The van der Waals surface area contributed by atoms with Crippen molar-refractivity contribution in [3.8, 4) is 33.4 Å². The van der Waals surface area contributed by atoms with Crippen LogP contribution in [0.15, 0.2) is 103 Å². The molecule has 5 aromatic carbocycles. The molecule has 0 aromatic heterocycles. The van der Waals surface area contributed by atoms with E-state index in [1.807, 2.05) is 30.3 Å². The molecule has 0 heterocycles. The summed E-state index contributed by atoms with van der Waals surface area (Å²) < 4.78 is 3.34. The number of hydrogen-bond acceptors (Lipinski definition) is 0. The molecule has 286 valence electrons. The van der Waals surface area contributed by atoms with Gasteiger partial charge in [0.05, 0.1) is 0 Å². The smallest absolute Gasteiger partial charge is 0.171 e. The Balaban J connectivity index is 0.000000527. The van der Waals surface area contributed by atoms with Gasteiger partial charge in [-0.1, -0.05) is 133 Å². The van der Waals surface area contributed by atoms with Crippen molar-refractivity contribution in [1.82, 2.24) is 0 Å². The third-order valence-electron chi connectivity index (χ3n) is 9.61. The second kappa shape index (κ2) is 22.5. The maximum atomic E-state index is 3.78. The van der Waals surface area contributed by atoms with Crippen molar-refractivity contribution >= 4 is 29.0 Å². The van der Waals surface area contributed by atoms with Crippen LogP contribution in [0.5, 0.6) is 0 Å². The first-order chi connectivity index (χ1) is 24.3. The summed E-state index contributed by atoms with van der Waals surface area (Å²) in [7, 11) is 0. The fourth-order valence-corrected chi connectivity index (χ4v) is 7.46. The molecule has 7 rings (SSSR count). The summed E-state index contributed by atoms with van der Waals surface area (Å²) in [6, 6.07) is 37.0. The quantitative estimate of drug-likeness (QED) is 0.155. The largest absolute Gasteiger partial charge is 0.358 e. The molecule has 0 N–H and O–H groups in total. The zero-order chi connectivity index (χ0) is 37.3. The first kappa shape index (κ1) is 48.9. The number of hydrogen-bond donors (Lipinski definition) is 0. The Hall–Kier alpha value is -3.09. The van der Waals surface area contributed by atoms with Crippen LogP contribution in [0.3, 0.4) is 0 Å². The molecule has 5 aromatic rings. The van der Waals surface area contributed by atoms with Crippen LogP contribution in [-0.4, -0.2) is 4.21 Å². The Morgan fingerprint density at radius 1 is 0.722 bits per heavy atom. The molecular weight excluding hydrogens is 775 g/mol.